The molecule has 0 fully saturated rings. The summed E-state index contributed by atoms with van der Waals surface area (Å²) in [4.78, 5) is 0. The predicted molar refractivity (Wildman–Crippen MR) is 75.6 cm³/mol. The fourth-order valence-corrected chi connectivity index (χ4v) is 3.03. The van der Waals surface area contributed by atoms with Crippen molar-refractivity contribution >= 4 is 20.7 Å². The van der Waals surface area contributed by atoms with E-state index in [9.17, 15) is 8.42 Å². The van der Waals surface area contributed by atoms with E-state index >= 15 is 0 Å². The third-order valence-electron chi connectivity index (χ3n) is 3.33. The molecule has 0 aliphatic rings. The van der Waals surface area contributed by atoms with Gasteiger partial charge < -0.3 is 4.57 Å². The predicted octanol–water partition coefficient (Wildman–Crippen LogP) is 2.77. The summed E-state index contributed by atoms with van der Waals surface area (Å²) in [6.45, 7) is 4.55. The van der Waals surface area contributed by atoms with Gasteiger partial charge in [0.05, 0.1) is 5.75 Å². The summed E-state index contributed by atoms with van der Waals surface area (Å²) in [5.41, 5.74) is 2.44. The molecule has 0 saturated heterocycles. The Kier molecular flexibility index (Phi) is 3.76. The lowest BCUT2D eigenvalue weighted by atomic mass is 10.1. The maximum Gasteiger partial charge on any atom is 0.150 e. The smallest absolute Gasteiger partial charge is 0.150 e. The van der Waals surface area contributed by atoms with E-state index in [1.807, 2.05) is 12.3 Å². The number of aromatic nitrogens is 1. The van der Waals surface area contributed by atoms with Crippen molar-refractivity contribution in [3.05, 3.63) is 36.0 Å². The van der Waals surface area contributed by atoms with Crippen molar-refractivity contribution in [3.63, 3.8) is 0 Å². The zero-order valence-corrected chi connectivity index (χ0v) is 11.7. The first-order chi connectivity index (χ1) is 8.53. The first kappa shape index (κ1) is 13.1. The van der Waals surface area contributed by atoms with Gasteiger partial charge in [0.25, 0.3) is 0 Å². The maximum absolute atomic E-state index is 11.4. The van der Waals surface area contributed by atoms with Crippen LogP contribution in [0.15, 0.2) is 30.5 Å². The SMILES string of the molecule is CCS(=O)(=O)CCCn1ccc2c(C)cccc21. The molecule has 0 saturated carbocycles. The van der Waals surface area contributed by atoms with Crippen LogP contribution < -0.4 is 0 Å². The summed E-state index contributed by atoms with van der Waals surface area (Å²) in [6, 6.07) is 8.31. The third kappa shape index (κ3) is 2.75. The van der Waals surface area contributed by atoms with Gasteiger partial charge in [0.2, 0.25) is 0 Å². The third-order valence-corrected chi connectivity index (χ3v) is 5.12. The molecule has 0 amide bonds. The molecular formula is C14H19NO2S. The summed E-state index contributed by atoms with van der Waals surface area (Å²) >= 11 is 0. The Hall–Kier alpha value is -1.29. The van der Waals surface area contributed by atoms with Crippen molar-refractivity contribution in [2.75, 3.05) is 11.5 Å². The lowest BCUT2D eigenvalue weighted by Crippen LogP contribution is -2.11. The second-order valence-electron chi connectivity index (χ2n) is 4.61. The molecule has 4 heteroatoms. The minimum Gasteiger partial charge on any atom is -0.347 e. The summed E-state index contributed by atoms with van der Waals surface area (Å²) in [5, 5.41) is 1.25. The van der Waals surface area contributed by atoms with E-state index < -0.39 is 9.84 Å². The molecule has 0 aliphatic carbocycles. The quantitative estimate of drug-likeness (QED) is 0.834. The number of fused-ring (bicyclic) bond motifs is 1. The normalized spacial score (nSPS) is 12.1. The van der Waals surface area contributed by atoms with E-state index in [0.29, 0.717) is 6.42 Å². The molecule has 2 aromatic rings. The van der Waals surface area contributed by atoms with Crippen LogP contribution >= 0.6 is 0 Å². The summed E-state index contributed by atoms with van der Waals surface area (Å²) in [7, 11) is -2.85. The highest BCUT2D eigenvalue weighted by molar-refractivity contribution is 7.91. The minimum atomic E-state index is -2.85. The van der Waals surface area contributed by atoms with E-state index in [-0.39, 0.29) is 11.5 Å². The highest BCUT2D eigenvalue weighted by Gasteiger charge is 2.08. The van der Waals surface area contributed by atoms with Crippen molar-refractivity contribution in [2.24, 2.45) is 0 Å². The van der Waals surface area contributed by atoms with E-state index in [0.717, 1.165) is 6.54 Å². The minimum absolute atomic E-state index is 0.235. The van der Waals surface area contributed by atoms with Crippen molar-refractivity contribution < 1.29 is 8.42 Å². The standard InChI is InChI=1S/C14H19NO2S/c1-3-18(16,17)11-5-9-15-10-8-13-12(2)6-4-7-14(13)15/h4,6-8,10H,3,5,9,11H2,1-2H3. The Balaban J connectivity index is 2.11. The monoisotopic (exact) mass is 265 g/mol. The summed E-state index contributed by atoms with van der Waals surface area (Å²) in [6.07, 6.45) is 2.71. The van der Waals surface area contributed by atoms with Crippen LogP contribution in [0.4, 0.5) is 0 Å². The van der Waals surface area contributed by atoms with Crippen LogP contribution in [-0.2, 0) is 16.4 Å². The Labute approximate surface area is 108 Å². The van der Waals surface area contributed by atoms with Gasteiger partial charge in [-0.2, -0.15) is 0 Å². The first-order valence-corrected chi connectivity index (χ1v) is 8.10. The number of sulfone groups is 1. The Bertz CT molecular complexity index is 641. The highest BCUT2D eigenvalue weighted by atomic mass is 32.2. The zero-order chi connectivity index (χ0) is 13.2. The van der Waals surface area contributed by atoms with E-state index in [1.54, 1.807) is 6.92 Å². The Morgan fingerprint density at radius 3 is 2.72 bits per heavy atom. The second kappa shape index (κ2) is 5.14. The van der Waals surface area contributed by atoms with Crippen LogP contribution in [0.5, 0.6) is 0 Å². The number of hydrogen-bond donors (Lipinski definition) is 0. The van der Waals surface area contributed by atoms with Gasteiger partial charge in [0, 0.05) is 29.4 Å². The summed E-state index contributed by atoms with van der Waals surface area (Å²) < 4.78 is 25.0. The van der Waals surface area contributed by atoms with Gasteiger partial charge in [-0.1, -0.05) is 19.1 Å². The van der Waals surface area contributed by atoms with Gasteiger partial charge >= 0.3 is 0 Å². The lowest BCUT2D eigenvalue weighted by Gasteiger charge is -2.06. The molecular weight excluding hydrogens is 246 g/mol. The van der Waals surface area contributed by atoms with Crippen LogP contribution in [0.1, 0.15) is 18.9 Å². The Morgan fingerprint density at radius 2 is 2.00 bits per heavy atom. The molecule has 18 heavy (non-hydrogen) atoms. The van der Waals surface area contributed by atoms with E-state index in [2.05, 4.69) is 29.7 Å². The van der Waals surface area contributed by atoms with Crippen molar-refractivity contribution in [2.45, 2.75) is 26.8 Å². The van der Waals surface area contributed by atoms with Crippen LogP contribution in [0.2, 0.25) is 0 Å². The van der Waals surface area contributed by atoms with Gasteiger partial charge in [-0.3, -0.25) is 0 Å². The van der Waals surface area contributed by atoms with Crippen LogP contribution in [0.25, 0.3) is 10.9 Å². The Morgan fingerprint density at radius 1 is 1.22 bits per heavy atom. The molecule has 0 unspecified atom stereocenters. The fraction of sp³-hybridized carbons (Fsp3) is 0.429. The number of hydrogen-bond acceptors (Lipinski definition) is 2. The topological polar surface area (TPSA) is 39.1 Å². The second-order valence-corrected chi connectivity index (χ2v) is 7.08. The highest BCUT2D eigenvalue weighted by Crippen LogP contribution is 2.19. The molecule has 2 rings (SSSR count). The van der Waals surface area contributed by atoms with Crippen LogP contribution in [0.3, 0.4) is 0 Å². The molecule has 0 spiro atoms. The largest absolute Gasteiger partial charge is 0.347 e. The van der Waals surface area contributed by atoms with Crippen molar-refractivity contribution in [3.8, 4) is 0 Å². The van der Waals surface area contributed by atoms with Crippen LogP contribution in [0, 0.1) is 6.92 Å². The van der Waals surface area contributed by atoms with Gasteiger partial charge in [-0.05, 0) is 31.0 Å². The lowest BCUT2D eigenvalue weighted by molar-refractivity contribution is 0.589. The average molecular weight is 265 g/mol. The molecule has 98 valence electrons. The average Bonchev–Trinajstić information content (AvgIpc) is 2.74. The first-order valence-electron chi connectivity index (χ1n) is 6.28. The number of benzene rings is 1. The molecule has 1 aromatic carbocycles. The molecule has 0 radical (unpaired) electrons. The van der Waals surface area contributed by atoms with E-state index in [1.165, 1.54) is 16.5 Å². The van der Waals surface area contributed by atoms with Crippen molar-refractivity contribution in [1.29, 1.82) is 0 Å². The molecule has 0 aliphatic heterocycles. The molecule has 1 aromatic heterocycles. The number of rotatable bonds is 5. The molecule has 0 atom stereocenters. The van der Waals surface area contributed by atoms with Crippen molar-refractivity contribution in [1.82, 2.24) is 4.57 Å². The molecule has 0 bridgehead atoms. The number of nitrogens with zero attached hydrogens (tertiary/aromatic N) is 1. The molecule has 1 heterocycles. The molecule has 0 N–H and O–H groups in total. The zero-order valence-electron chi connectivity index (χ0n) is 10.9. The van der Waals surface area contributed by atoms with Gasteiger partial charge in [0.15, 0.2) is 0 Å². The van der Waals surface area contributed by atoms with Gasteiger partial charge in [-0.15, -0.1) is 0 Å². The summed E-state index contributed by atoms with van der Waals surface area (Å²) in [5.74, 6) is 0.507. The number of aryl methyl sites for hydroxylation is 2. The van der Waals surface area contributed by atoms with Crippen LogP contribution in [-0.4, -0.2) is 24.5 Å². The molecule has 3 nitrogen and oxygen atoms in total. The van der Waals surface area contributed by atoms with Gasteiger partial charge in [0.1, 0.15) is 9.84 Å². The van der Waals surface area contributed by atoms with E-state index in [4.69, 9.17) is 0 Å². The van der Waals surface area contributed by atoms with Gasteiger partial charge in [-0.25, -0.2) is 8.42 Å². The fourth-order valence-electron chi connectivity index (χ4n) is 2.17. The maximum atomic E-state index is 11.4.